The number of anilines is 2. The summed E-state index contributed by atoms with van der Waals surface area (Å²) < 4.78 is 13.8. The Balaban J connectivity index is 1.24. The molecule has 6 heteroatoms. The van der Waals surface area contributed by atoms with Gasteiger partial charge in [0.05, 0.1) is 5.02 Å². The number of allylic oxidation sites excluding steroid dienone is 1. The molecule has 1 atom stereocenters. The van der Waals surface area contributed by atoms with E-state index in [1.54, 1.807) is 6.07 Å². The van der Waals surface area contributed by atoms with Crippen LogP contribution in [0.2, 0.25) is 5.02 Å². The second-order valence-electron chi connectivity index (χ2n) is 8.97. The minimum absolute atomic E-state index is 0.0471. The number of carbonyl (C=O) groups is 1. The highest BCUT2D eigenvalue weighted by atomic mass is 35.5. The van der Waals surface area contributed by atoms with Crippen LogP contribution >= 0.6 is 11.6 Å². The molecule has 1 saturated heterocycles. The van der Waals surface area contributed by atoms with Crippen LogP contribution < -0.4 is 4.90 Å². The van der Waals surface area contributed by atoms with E-state index in [9.17, 15) is 9.18 Å². The van der Waals surface area contributed by atoms with Crippen LogP contribution in [0.1, 0.15) is 28.4 Å². The van der Waals surface area contributed by atoms with Crippen molar-refractivity contribution in [2.75, 3.05) is 24.5 Å². The number of hydrogen-bond acceptors (Lipinski definition) is 3. The van der Waals surface area contributed by atoms with Gasteiger partial charge in [0, 0.05) is 55.4 Å². The Morgan fingerprint density at radius 1 is 1.06 bits per heavy atom. The van der Waals surface area contributed by atoms with Crippen molar-refractivity contribution in [1.82, 2.24) is 9.80 Å². The molecule has 174 valence electrons. The van der Waals surface area contributed by atoms with Gasteiger partial charge in [-0.15, -0.1) is 0 Å². The molecule has 4 nitrogen and oxygen atoms in total. The van der Waals surface area contributed by atoms with Crippen LogP contribution in [0.25, 0.3) is 0 Å². The first-order chi connectivity index (χ1) is 16.5. The second kappa shape index (κ2) is 9.61. The number of amides is 1. The number of hydrogen-bond donors (Lipinski definition) is 0. The minimum atomic E-state index is -0.395. The van der Waals surface area contributed by atoms with Gasteiger partial charge in [-0.25, -0.2) is 4.39 Å². The zero-order valence-electron chi connectivity index (χ0n) is 19.1. The molecule has 0 spiro atoms. The third kappa shape index (κ3) is 4.59. The smallest absolute Gasteiger partial charge is 0.254 e. The lowest BCUT2D eigenvalue weighted by molar-refractivity contribution is 0.0475. The van der Waals surface area contributed by atoms with Gasteiger partial charge in [0.1, 0.15) is 5.82 Å². The average Bonchev–Trinajstić information content (AvgIpc) is 2.86. The first-order valence-corrected chi connectivity index (χ1v) is 12.0. The molecule has 3 aromatic rings. The van der Waals surface area contributed by atoms with Crippen molar-refractivity contribution in [1.29, 1.82) is 0 Å². The minimum Gasteiger partial charge on any atom is -0.333 e. The van der Waals surface area contributed by atoms with E-state index in [0.29, 0.717) is 18.7 Å². The quantitative estimate of drug-likeness (QED) is 0.460. The summed E-state index contributed by atoms with van der Waals surface area (Å²) in [5.74, 6) is -0.348. The maximum absolute atomic E-state index is 13.8. The van der Waals surface area contributed by atoms with Crippen LogP contribution in [-0.4, -0.2) is 41.4 Å². The van der Waals surface area contributed by atoms with Crippen LogP contribution in [-0.2, 0) is 13.0 Å². The van der Waals surface area contributed by atoms with E-state index in [1.165, 1.54) is 17.3 Å². The number of rotatable bonds is 4. The summed E-state index contributed by atoms with van der Waals surface area (Å²) in [4.78, 5) is 19.6. The summed E-state index contributed by atoms with van der Waals surface area (Å²) in [6, 6.07) is 21.2. The Morgan fingerprint density at radius 3 is 2.62 bits per heavy atom. The van der Waals surface area contributed by atoms with E-state index in [1.807, 2.05) is 41.3 Å². The Kier molecular flexibility index (Phi) is 6.40. The first-order valence-electron chi connectivity index (χ1n) is 11.6. The Hall–Kier alpha value is -3.15. The number of para-hydroxylation sites is 1. The highest BCUT2D eigenvalue weighted by Gasteiger charge is 2.28. The van der Waals surface area contributed by atoms with Crippen LogP contribution in [0.5, 0.6) is 0 Å². The predicted molar refractivity (Wildman–Crippen MR) is 135 cm³/mol. The molecule has 0 bridgehead atoms. The lowest BCUT2D eigenvalue weighted by atomic mass is 10.0. The highest BCUT2D eigenvalue weighted by molar-refractivity contribution is 6.30. The summed E-state index contributed by atoms with van der Waals surface area (Å²) in [5.41, 5.74) is 5.08. The van der Waals surface area contributed by atoms with Crippen LogP contribution in [0.4, 0.5) is 15.8 Å². The van der Waals surface area contributed by atoms with E-state index < -0.39 is 5.82 Å². The zero-order valence-corrected chi connectivity index (χ0v) is 19.9. The Bertz CT molecular complexity index is 1230. The fourth-order valence-corrected chi connectivity index (χ4v) is 4.93. The van der Waals surface area contributed by atoms with E-state index in [0.717, 1.165) is 30.8 Å². The Labute approximate surface area is 204 Å². The molecular weight excluding hydrogens is 449 g/mol. The number of fused-ring (bicyclic) bond motifs is 1. The molecule has 0 aliphatic carbocycles. The molecule has 2 heterocycles. The van der Waals surface area contributed by atoms with Gasteiger partial charge in [0.15, 0.2) is 0 Å². The first kappa shape index (κ1) is 22.6. The number of carbonyl (C=O) groups excluding carboxylic acids is 1. The maximum Gasteiger partial charge on any atom is 0.254 e. The van der Waals surface area contributed by atoms with Gasteiger partial charge in [-0.1, -0.05) is 41.9 Å². The third-order valence-electron chi connectivity index (χ3n) is 6.60. The van der Waals surface area contributed by atoms with E-state index in [4.69, 9.17) is 11.6 Å². The number of piperazine rings is 1. The maximum atomic E-state index is 13.8. The van der Waals surface area contributed by atoms with E-state index in [2.05, 4.69) is 47.2 Å². The van der Waals surface area contributed by atoms with Crippen LogP contribution in [0.15, 0.2) is 79.0 Å². The summed E-state index contributed by atoms with van der Waals surface area (Å²) in [6.07, 6.45) is 5.17. The molecule has 2 aliphatic heterocycles. The molecule has 0 radical (unpaired) electrons. The van der Waals surface area contributed by atoms with Crippen LogP contribution in [0.3, 0.4) is 0 Å². The van der Waals surface area contributed by atoms with Crippen molar-refractivity contribution >= 4 is 28.9 Å². The van der Waals surface area contributed by atoms with Gasteiger partial charge in [-0.05, 0) is 66.9 Å². The Morgan fingerprint density at radius 2 is 1.85 bits per heavy atom. The molecular formula is C28H27ClFN3O. The van der Waals surface area contributed by atoms with Crippen LogP contribution in [0, 0.1) is 5.82 Å². The van der Waals surface area contributed by atoms with Gasteiger partial charge in [0.2, 0.25) is 0 Å². The third-order valence-corrected chi connectivity index (χ3v) is 6.91. The van der Waals surface area contributed by atoms with E-state index in [-0.39, 0.29) is 17.0 Å². The highest BCUT2D eigenvalue weighted by Crippen LogP contribution is 2.32. The standard InChI is InChI=1S/C28H27ClFN3O/c1-20-18-31(19-21-8-13-25(29)26(30)17-21)15-16-32(20)28(34)23-9-11-24(12-10-23)33-14-4-6-22-5-2-3-7-27(22)33/h2-5,7-14,17,20H,6,15-16,18-19H2,1H3/t20-/m1/s1. The lowest BCUT2D eigenvalue weighted by Crippen LogP contribution is -2.53. The second-order valence-corrected chi connectivity index (χ2v) is 9.37. The molecule has 0 unspecified atom stereocenters. The average molecular weight is 476 g/mol. The molecule has 1 amide bonds. The SMILES string of the molecule is C[C@@H]1CN(Cc2ccc(Cl)c(F)c2)CCN1C(=O)c1ccc(N2C=CCc3ccccc32)cc1. The largest absolute Gasteiger partial charge is 0.333 e. The van der Waals surface area contributed by atoms with Crippen molar-refractivity contribution in [2.24, 2.45) is 0 Å². The van der Waals surface area contributed by atoms with Crippen molar-refractivity contribution < 1.29 is 9.18 Å². The summed E-state index contributed by atoms with van der Waals surface area (Å²) in [6.45, 7) is 4.83. The molecule has 1 fully saturated rings. The van der Waals surface area contributed by atoms with Gasteiger partial charge in [0.25, 0.3) is 5.91 Å². The van der Waals surface area contributed by atoms with Gasteiger partial charge < -0.3 is 9.80 Å². The van der Waals surface area contributed by atoms with Crippen molar-refractivity contribution in [2.45, 2.75) is 25.9 Å². The molecule has 3 aromatic carbocycles. The topological polar surface area (TPSA) is 26.8 Å². The number of benzene rings is 3. The lowest BCUT2D eigenvalue weighted by Gasteiger charge is -2.40. The van der Waals surface area contributed by atoms with Gasteiger partial charge in [-0.2, -0.15) is 0 Å². The zero-order chi connectivity index (χ0) is 23.7. The fraction of sp³-hybridized carbons (Fsp3) is 0.250. The molecule has 2 aliphatic rings. The van der Waals surface area contributed by atoms with E-state index >= 15 is 0 Å². The monoisotopic (exact) mass is 475 g/mol. The fourth-order valence-electron chi connectivity index (χ4n) is 4.81. The predicted octanol–water partition coefficient (Wildman–Crippen LogP) is 6.03. The summed E-state index contributed by atoms with van der Waals surface area (Å²) in [5, 5.41) is 0.138. The number of halogens is 2. The summed E-state index contributed by atoms with van der Waals surface area (Å²) in [7, 11) is 0. The van der Waals surface area contributed by atoms with Crippen molar-refractivity contribution in [3.05, 3.63) is 107 Å². The molecule has 34 heavy (non-hydrogen) atoms. The normalized spacial score (nSPS) is 18.1. The van der Waals surface area contributed by atoms with Gasteiger partial charge in [-0.3, -0.25) is 9.69 Å². The van der Waals surface area contributed by atoms with Crippen molar-refractivity contribution in [3.63, 3.8) is 0 Å². The molecule has 5 rings (SSSR count). The van der Waals surface area contributed by atoms with Gasteiger partial charge >= 0.3 is 0 Å². The molecule has 0 aromatic heterocycles. The number of nitrogens with zero attached hydrogens (tertiary/aromatic N) is 3. The molecule has 0 saturated carbocycles. The molecule has 0 N–H and O–H groups in total. The summed E-state index contributed by atoms with van der Waals surface area (Å²) >= 11 is 5.80. The van der Waals surface area contributed by atoms with Crippen molar-refractivity contribution in [3.8, 4) is 0 Å².